The maximum Gasteiger partial charge on any atom is 0.166 e. The zero-order valence-corrected chi connectivity index (χ0v) is 6.64. The molecule has 12 heavy (non-hydrogen) atoms. The summed E-state index contributed by atoms with van der Waals surface area (Å²) in [6.45, 7) is 0. The lowest BCUT2D eigenvalue weighted by Gasteiger charge is -1.81. The van der Waals surface area contributed by atoms with Gasteiger partial charge in [-0.1, -0.05) is 18.5 Å². The number of hydrogen-bond donors (Lipinski definition) is 0. The minimum absolute atomic E-state index is 1.69. The van der Waals surface area contributed by atoms with Crippen LogP contribution >= 0.6 is 0 Å². The monoisotopic (exact) mass is 158 g/mol. The van der Waals surface area contributed by atoms with Crippen molar-refractivity contribution in [3.8, 4) is 0 Å². The van der Waals surface area contributed by atoms with Gasteiger partial charge in [-0.05, 0) is 0 Å². The number of hydrogen-bond acceptors (Lipinski definition) is 1. The Hall–Kier alpha value is -1.70. The Morgan fingerprint density at radius 1 is 0.917 bits per heavy atom. The lowest BCUT2D eigenvalue weighted by molar-refractivity contribution is -0.377. The maximum atomic E-state index is 3.66. The molecular formula is C10H10N2. The molecule has 0 aromatic carbocycles. The summed E-state index contributed by atoms with van der Waals surface area (Å²) in [6.07, 6.45) is 8.09. The highest BCUT2D eigenvalue weighted by Crippen LogP contribution is 1.72. The first-order chi connectivity index (χ1) is 6.00. The summed E-state index contributed by atoms with van der Waals surface area (Å²) in [6, 6.07) is 11.4. The fourth-order valence-electron chi connectivity index (χ4n) is 0.619. The third-order valence-electron chi connectivity index (χ3n) is 1.12. The van der Waals surface area contributed by atoms with Crippen molar-refractivity contribution in [2.75, 3.05) is 0 Å². The number of aromatic amines is 1. The van der Waals surface area contributed by atoms with Gasteiger partial charge in [-0.25, -0.2) is 4.98 Å². The minimum Gasteiger partial charge on any atom is -0.394 e. The number of nitrogens with one attached hydrogen (secondary N) is 1. The Morgan fingerprint density at radius 2 is 1.75 bits per heavy atom. The Labute approximate surface area is 71.9 Å². The van der Waals surface area contributed by atoms with E-state index in [1.807, 2.05) is 42.7 Å². The standard InChI is InChI=1S/C5H5N.C5H4N/c2*1-2-4-6-5-3-1/h1-5H;1-4H/q;-1/p+1. The van der Waals surface area contributed by atoms with Crippen LogP contribution in [0.4, 0.5) is 0 Å². The van der Waals surface area contributed by atoms with E-state index in [0.717, 1.165) is 0 Å². The summed E-state index contributed by atoms with van der Waals surface area (Å²) in [5, 5.41) is 0. The summed E-state index contributed by atoms with van der Waals surface area (Å²) >= 11 is 0. The second-order valence-electron chi connectivity index (χ2n) is 2.04. The van der Waals surface area contributed by atoms with Crippen LogP contribution in [0.5, 0.6) is 0 Å². The molecule has 0 atom stereocenters. The first-order valence-corrected chi connectivity index (χ1v) is 3.68. The van der Waals surface area contributed by atoms with Crippen LogP contribution in [0.3, 0.4) is 0 Å². The van der Waals surface area contributed by atoms with E-state index in [9.17, 15) is 0 Å². The fourth-order valence-corrected chi connectivity index (χ4v) is 0.619. The molecule has 0 unspecified atom stereocenters. The number of nitrogens with zero attached hydrogens (tertiary/aromatic N) is 1. The summed E-state index contributed by atoms with van der Waals surface area (Å²) < 4.78 is 0. The Morgan fingerprint density at radius 3 is 1.92 bits per heavy atom. The molecule has 2 aromatic heterocycles. The zero-order chi connectivity index (χ0) is 8.49. The number of H-pyrrole nitrogens is 1. The van der Waals surface area contributed by atoms with Crippen molar-refractivity contribution in [3.05, 3.63) is 61.2 Å². The molecule has 0 aliphatic carbocycles. The van der Waals surface area contributed by atoms with Crippen molar-refractivity contribution >= 4 is 0 Å². The molecule has 2 heterocycles. The van der Waals surface area contributed by atoms with E-state index >= 15 is 0 Å². The zero-order valence-electron chi connectivity index (χ0n) is 6.64. The summed E-state index contributed by atoms with van der Waals surface area (Å²) in [5.74, 6) is 0. The molecule has 2 heteroatoms. The summed E-state index contributed by atoms with van der Waals surface area (Å²) in [5.41, 5.74) is 0. The second kappa shape index (κ2) is 6.04. The number of aromatic nitrogens is 2. The molecule has 0 aliphatic rings. The highest BCUT2D eigenvalue weighted by Gasteiger charge is 1.65. The molecule has 0 aliphatic heterocycles. The lowest BCUT2D eigenvalue weighted by atomic mass is 10.5. The largest absolute Gasteiger partial charge is 0.394 e. The van der Waals surface area contributed by atoms with Crippen molar-refractivity contribution in [1.29, 1.82) is 0 Å². The fraction of sp³-hybridized carbons (Fsp3) is 0. The van der Waals surface area contributed by atoms with Crippen LogP contribution in [0, 0.1) is 6.20 Å². The molecule has 2 rings (SSSR count). The molecule has 0 spiro atoms. The molecule has 0 radical (unpaired) electrons. The number of pyridine rings is 2. The van der Waals surface area contributed by atoms with Gasteiger partial charge in [0.05, 0.1) is 0 Å². The van der Waals surface area contributed by atoms with Crippen LogP contribution in [0.25, 0.3) is 0 Å². The Balaban J connectivity index is 0.000000120. The molecule has 0 saturated heterocycles. The van der Waals surface area contributed by atoms with E-state index < -0.39 is 0 Å². The average molecular weight is 158 g/mol. The highest BCUT2D eigenvalue weighted by molar-refractivity contribution is 4.86. The van der Waals surface area contributed by atoms with Crippen molar-refractivity contribution < 1.29 is 4.98 Å². The SMILES string of the molecule is [c-]1ccccn1.c1cc[nH+]cc1. The van der Waals surface area contributed by atoms with Crippen molar-refractivity contribution in [1.82, 2.24) is 4.98 Å². The Bertz CT molecular complexity index is 183. The second-order valence-corrected chi connectivity index (χ2v) is 2.04. The average Bonchev–Trinajstić information content (AvgIpc) is 2.24. The first-order valence-electron chi connectivity index (χ1n) is 3.68. The van der Waals surface area contributed by atoms with Crippen molar-refractivity contribution in [2.24, 2.45) is 0 Å². The van der Waals surface area contributed by atoms with Crippen molar-refractivity contribution in [3.63, 3.8) is 0 Å². The van der Waals surface area contributed by atoms with Crippen LogP contribution in [-0.2, 0) is 0 Å². The summed E-state index contributed by atoms with van der Waals surface area (Å²) in [7, 11) is 0. The maximum absolute atomic E-state index is 3.66. The van der Waals surface area contributed by atoms with E-state index in [1.165, 1.54) is 0 Å². The van der Waals surface area contributed by atoms with Gasteiger partial charge in [0.1, 0.15) is 0 Å². The summed E-state index contributed by atoms with van der Waals surface area (Å²) in [4.78, 5) is 6.55. The third kappa shape index (κ3) is 4.17. The van der Waals surface area contributed by atoms with Gasteiger partial charge in [-0.15, -0.1) is 0 Å². The lowest BCUT2D eigenvalue weighted by Crippen LogP contribution is -1.93. The van der Waals surface area contributed by atoms with Crippen LogP contribution in [-0.4, -0.2) is 4.98 Å². The smallest absolute Gasteiger partial charge is 0.166 e. The van der Waals surface area contributed by atoms with E-state index in [2.05, 4.69) is 16.2 Å². The molecule has 2 nitrogen and oxygen atoms in total. The molecule has 2 aromatic rings. The molecule has 0 saturated carbocycles. The van der Waals surface area contributed by atoms with E-state index in [0.29, 0.717) is 0 Å². The van der Waals surface area contributed by atoms with Gasteiger partial charge in [0.15, 0.2) is 12.4 Å². The molecule has 0 bridgehead atoms. The topological polar surface area (TPSA) is 27.0 Å². The molecule has 60 valence electrons. The Kier molecular flexibility index (Phi) is 4.23. The first kappa shape index (κ1) is 8.40. The van der Waals surface area contributed by atoms with Gasteiger partial charge < -0.3 is 4.98 Å². The van der Waals surface area contributed by atoms with Gasteiger partial charge in [0, 0.05) is 12.1 Å². The van der Waals surface area contributed by atoms with Crippen LogP contribution in [0.1, 0.15) is 0 Å². The van der Waals surface area contributed by atoms with Gasteiger partial charge in [0.2, 0.25) is 0 Å². The van der Waals surface area contributed by atoms with Crippen molar-refractivity contribution in [2.45, 2.75) is 0 Å². The molecule has 1 N–H and O–H groups in total. The highest BCUT2D eigenvalue weighted by atomic mass is 14.6. The van der Waals surface area contributed by atoms with E-state index in [1.54, 1.807) is 12.3 Å². The molecular weight excluding hydrogens is 148 g/mol. The number of rotatable bonds is 0. The predicted molar refractivity (Wildman–Crippen MR) is 46.1 cm³/mol. The van der Waals surface area contributed by atoms with E-state index in [-0.39, 0.29) is 0 Å². The molecule has 0 amide bonds. The third-order valence-corrected chi connectivity index (χ3v) is 1.12. The van der Waals surface area contributed by atoms with Gasteiger partial charge in [-0.2, -0.15) is 18.2 Å². The molecule has 0 fully saturated rings. The van der Waals surface area contributed by atoms with Gasteiger partial charge in [-0.3, -0.25) is 0 Å². The quantitative estimate of drug-likeness (QED) is 0.532. The van der Waals surface area contributed by atoms with Crippen LogP contribution in [0.2, 0.25) is 0 Å². The predicted octanol–water partition coefficient (Wildman–Crippen LogP) is 1.38. The normalized spacial score (nSPS) is 8.00. The van der Waals surface area contributed by atoms with Gasteiger partial charge in [0.25, 0.3) is 0 Å². The van der Waals surface area contributed by atoms with E-state index in [4.69, 9.17) is 0 Å². The van der Waals surface area contributed by atoms with Crippen LogP contribution < -0.4 is 4.98 Å². The van der Waals surface area contributed by atoms with Crippen LogP contribution in [0.15, 0.2) is 55.0 Å². The minimum atomic E-state index is 1.69. The van der Waals surface area contributed by atoms with Gasteiger partial charge >= 0.3 is 0 Å².